The van der Waals surface area contributed by atoms with Gasteiger partial charge in [0.05, 0.1) is 16.8 Å². The maximum absolute atomic E-state index is 12.1. The van der Waals surface area contributed by atoms with E-state index in [-0.39, 0.29) is 36.3 Å². The monoisotopic (exact) mass is 310 g/mol. The maximum Gasteiger partial charge on any atom is 0.214 e. The number of hydrogen-bond donors (Lipinski definition) is 2. The molecule has 1 aliphatic heterocycles. The Bertz CT molecular complexity index is 501. The van der Waals surface area contributed by atoms with Gasteiger partial charge in [0.1, 0.15) is 9.84 Å². The molecule has 0 spiro atoms. The van der Waals surface area contributed by atoms with Crippen LogP contribution in [0.1, 0.15) is 32.1 Å². The molecule has 2 fully saturated rings. The van der Waals surface area contributed by atoms with E-state index in [2.05, 4.69) is 4.72 Å². The summed E-state index contributed by atoms with van der Waals surface area (Å²) in [6.45, 7) is 0.382. The van der Waals surface area contributed by atoms with Gasteiger partial charge in [-0.15, -0.1) is 0 Å². The Labute approximate surface area is 115 Å². The Hall–Kier alpha value is -0.180. The van der Waals surface area contributed by atoms with Crippen LogP contribution in [0.5, 0.6) is 0 Å². The van der Waals surface area contributed by atoms with E-state index in [1.54, 1.807) is 0 Å². The number of rotatable bonds is 4. The van der Waals surface area contributed by atoms with Gasteiger partial charge in [-0.05, 0) is 31.6 Å². The van der Waals surface area contributed by atoms with Gasteiger partial charge in [0.25, 0.3) is 0 Å². The number of nitrogens with two attached hydrogens (primary N) is 1. The van der Waals surface area contributed by atoms with Gasteiger partial charge in [-0.3, -0.25) is 0 Å². The fourth-order valence-electron chi connectivity index (χ4n) is 2.84. The third kappa shape index (κ3) is 3.90. The molecule has 3 N–H and O–H groups in total. The molecule has 0 aromatic carbocycles. The highest BCUT2D eigenvalue weighted by Crippen LogP contribution is 2.24. The standard InChI is InChI=1S/C11H22N2O4S2/c12-11-3-1-2-9(11)8-13-19(16,17)10-4-6-18(14,15)7-5-10/h9-11,13H,1-8,12H2. The molecule has 19 heavy (non-hydrogen) atoms. The number of sulfone groups is 1. The quantitative estimate of drug-likeness (QED) is 0.735. The lowest BCUT2D eigenvalue weighted by molar-refractivity contribution is 0.465. The summed E-state index contributed by atoms with van der Waals surface area (Å²) in [5, 5.41) is -0.575. The molecule has 1 aliphatic carbocycles. The molecule has 0 amide bonds. The number of nitrogens with one attached hydrogen (secondary N) is 1. The summed E-state index contributed by atoms with van der Waals surface area (Å²) in [7, 11) is -6.44. The molecule has 2 rings (SSSR count). The molecule has 0 aromatic rings. The van der Waals surface area contributed by atoms with Crippen LogP contribution in [-0.2, 0) is 19.9 Å². The highest BCUT2D eigenvalue weighted by molar-refractivity contribution is 7.92. The third-order valence-electron chi connectivity index (χ3n) is 4.21. The minimum atomic E-state index is -3.41. The van der Waals surface area contributed by atoms with Crippen molar-refractivity contribution in [3.63, 3.8) is 0 Å². The molecule has 1 saturated heterocycles. The molecule has 2 atom stereocenters. The van der Waals surface area contributed by atoms with Gasteiger partial charge in [-0.2, -0.15) is 0 Å². The Morgan fingerprint density at radius 2 is 1.74 bits per heavy atom. The average Bonchev–Trinajstić information content (AvgIpc) is 2.72. The first-order valence-corrected chi connectivity index (χ1v) is 10.1. The van der Waals surface area contributed by atoms with Crippen molar-refractivity contribution in [2.45, 2.75) is 43.4 Å². The van der Waals surface area contributed by atoms with E-state index in [9.17, 15) is 16.8 Å². The Morgan fingerprint density at radius 1 is 1.11 bits per heavy atom. The first-order chi connectivity index (χ1) is 8.80. The predicted molar refractivity (Wildman–Crippen MR) is 73.9 cm³/mol. The summed E-state index contributed by atoms with van der Waals surface area (Å²) < 4.78 is 49.5. The molecule has 0 bridgehead atoms. The lowest BCUT2D eigenvalue weighted by Crippen LogP contribution is -2.43. The van der Waals surface area contributed by atoms with Crippen molar-refractivity contribution in [1.82, 2.24) is 4.72 Å². The highest BCUT2D eigenvalue weighted by atomic mass is 32.2. The number of sulfonamides is 1. The van der Waals surface area contributed by atoms with Gasteiger partial charge in [-0.1, -0.05) is 6.42 Å². The van der Waals surface area contributed by atoms with Crippen LogP contribution in [0.25, 0.3) is 0 Å². The largest absolute Gasteiger partial charge is 0.327 e. The van der Waals surface area contributed by atoms with Crippen molar-refractivity contribution in [2.24, 2.45) is 11.7 Å². The summed E-state index contributed by atoms with van der Waals surface area (Å²) in [5.74, 6) is 0.158. The van der Waals surface area contributed by atoms with Crippen molar-refractivity contribution >= 4 is 19.9 Å². The van der Waals surface area contributed by atoms with Gasteiger partial charge < -0.3 is 5.73 Å². The van der Waals surface area contributed by atoms with E-state index in [4.69, 9.17) is 5.73 Å². The zero-order valence-electron chi connectivity index (χ0n) is 10.9. The summed E-state index contributed by atoms with van der Waals surface area (Å²) in [5.41, 5.74) is 5.91. The smallest absolute Gasteiger partial charge is 0.214 e. The van der Waals surface area contributed by atoms with Crippen LogP contribution in [0, 0.1) is 5.92 Å². The molecular formula is C11H22N2O4S2. The van der Waals surface area contributed by atoms with E-state index in [0.717, 1.165) is 19.3 Å². The minimum Gasteiger partial charge on any atom is -0.327 e. The molecule has 6 nitrogen and oxygen atoms in total. The van der Waals surface area contributed by atoms with E-state index in [0.29, 0.717) is 6.54 Å². The van der Waals surface area contributed by atoms with Crippen LogP contribution in [0.4, 0.5) is 0 Å². The fourth-order valence-corrected chi connectivity index (χ4v) is 6.17. The van der Waals surface area contributed by atoms with Crippen molar-refractivity contribution in [2.75, 3.05) is 18.1 Å². The lowest BCUT2D eigenvalue weighted by atomic mass is 10.1. The second kappa shape index (κ2) is 5.67. The molecule has 0 radical (unpaired) electrons. The molecule has 112 valence electrons. The third-order valence-corrected chi connectivity index (χ3v) is 7.84. The molecule has 1 saturated carbocycles. The van der Waals surface area contributed by atoms with Gasteiger partial charge in [0.2, 0.25) is 10.0 Å². The van der Waals surface area contributed by atoms with Crippen LogP contribution in [0.15, 0.2) is 0 Å². The van der Waals surface area contributed by atoms with Gasteiger partial charge in [0, 0.05) is 12.6 Å². The Kier molecular flexibility index (Phi) is 4.54. The van der Waals surface area contributed by atoms with E-state index >= 15 is 0 Å². The lowest BCUT2D eigenvalue weighted by Gasteiger charge is -2.24. The average molecular weight is 310 g/mol. The van der Waals surface area contributed by atoms with Crippen LogP contribution in [-0.4, -0.2) is 46.2 Å². The minimum absolute atomic E-state index is 0.0263. The van der Waals surface area contributed by atoms with Crippen LogP contribution >= 0.6 is 0 Å². The topological polar surface area (TPSA) is 106 Å². The van der Waals surface area contributed by atoms with Gasteiger partial charge in [-0.25, -0.2) is 21.6 Å². The van der Waals surface area contributed by atoms with Crippen molar-refractivity contribution in [1.29, 1.82) is 0 Å². The summed E-state index contributed by atoms with van der Waals surface area (Å²) in [4.78, 5) is 0. The predicted octanol–water partition coefficient (Wildman–Crippen LogP) is -0.390. The first-order valence-electron chi connectivity index (χ1n) is 6.75. The first kappa shape index (κ1) is 15.2. The molecule has 1 heterocycles. The summed E-state index contributed by atoms with van der Waals surface area (Å²) >= 11 is 0. The van der Waals surface area contributed by atoms with E-state index in [1.807, 2.05) is 0 Å². The normalized spacial score (nSPS) is 32.5. The van der Waals surface area contributed by atoms with Crippen molar-refractivity contribution < 1.29 is 16.8 Å². The Morgan fingerprint density at radius 3 is 2.26 bits per heavy atom. The number of hydrogen-bond acceptors (Lipinski definition) is 5. The summed E-state index contributed by atoms with van der Waals surface area (Å²) in [6, 6.07) is 0.0782. The zero-order valence-corrected chi connectivity index (χ0v) is 12.5. The van der Waals surface area contributed by atoms with E-state index in [1.165, 1.54) is 0 Å². The Balaban J connectivity index is 1.88. The van der Waals surface area contributed by atoms with Crippen LogP contribution in [0.2, 0.25) is 0 Å². The SMILES string of the molecule is NC1CCCC1CNS(=O)(=O)C1CCS(=O)(=O)CC1. The molecule has 2 unspecified atom stereocenters. The second-order valence-corrected chi connectivity index (χ2v) is 9.95. The molecule has 2 aliphatic rings. The zero-order chi connectivity index (χ0) is 14.1. The van der Waals surface area contributed by atoms with Gasteiger partial charge in [0.15, 0.2) is 0 Å². The van der Waals surface area contributed by atoms with Crippen molar-refractivity contribution in [3.05, 3.63) is 0 Å². The van der Waals surface area contributed by atoms with Crippen molar-refractivity contribution in [3.8, 4) is 0 Å². The van der Waals surface area contributed by atoms with Crippen LogP contribution < -0.4 is 10.5 Å². The summed E-state index contributed by atoms with van der Waals surface area (Å²) in [6.07, 6.45) is 3.37. The molecule has 8 heteroatoms. The molecular weight excluding hydrogens is 288 g/mol. The highest BCUT2D eigenvalue weighted by Gasteiger charge is 2.33. The van der Waals surface area contributed by atoms with E-state index < -0.39 is 25.1 Å². The second-order valence-electron chi connectivity index (χ2n) is 5.60. The van der Waals surface area contributed by atoms with Gasteiger partial charge >= 0.3 is 0 Å². The van der Waals surface area contributed by atoms with Crippen LogP contribution in [0.3, 0.4) is 0 Å². The fraction of sp³-hybridized carbons (Fsp3) is 1.00. The maximum atomic E-state index is 12.1. The molecule has 0 aromatic heterocycles.